The van der Waals surface area contributed by atoms with Gasteiger partial charge in [0.25, 0.3) is 0 Å². The second-order valence-electron chi connectivity index (χ2n) is 4.79. The number of ether oxygens (including phenoxy) is 1. The molecule has 2 rings (SSSR count). The fourth-order valence-corrected chi connectivity index (χ4v) is 1.77. The lowest BCUT2D eigenvalue weighted by Gasteiger charge is -2.12. The number of amides is 1. The molecule has 1 amide bonds. The van der Waals surface area contributed by atoms with Crippen LogP contribution >= 0.6 is 0 Å². The lowest BCUT2D eigenvalue weighted by molar-refractivity contribution is -0.127. The maximum absolute atomic E-state index is 11.7. The van der Waals surface area contributed by atoms with Crippen LogP contribution in [0.1, 0.15) is 32.6 Å². The highest BCUT2D eigenvalue weighted by Gasteiger charge is 2.13. The van der Waals surface area contributed by atoms with Gasteiger partial charge in [0.2, 0.25) is 5.91 Å². The van der Waals surface area contributed by atoms with Crippen LogP contribution in [0.4, 0.5) is 0 Å². The van der Waals surface area contributed by atoms with Crippen molar-refractivity contribution in [1.29, 1.82) is 0 Å². The van der Waals surface area contributed by atoms with E-state index in [0.29, 0.717) is 0 Å². The average Bonchev–Trinajstić information content (AvgIpc) is 2.80. The van der Waals surface area contributed by atoms with Crippen LogP contribution in [0.5, 0.6) is 0 Å². The van der Waals surface area contributed by atoms with E-state index in [1.165, 1.54) is 0 Å². The van der Waals surface area contributed by atoms with Gasteiger partial charge in [0, 0.05) is 0 Å². The fraction of sp³-hybridized carbons (Fsp3) is 0.429. The molecule has 0 aliphatic carbocycles. The Bertz CT molecular complexity index is 530. The van der Waals surface area contributed by atoms with Crippen molar-refractivity contribution in [2.45, 2.75) is 32.9 Å². The maximum atomic E-state index is 11.7. The second-order valence-corrected chi connectivity index (χ2v) is 4.79. The van der Waals surface area contributed by atoms with Gasteiger partial charge in [-0.25, -0.2) is 4.98 Å². The lowest BCUT2D eigenvalue weighted by atomic mass is 10.3. The molecule has 1 atom stereocenters. The molecule has 0 radical (unpaired) electrons. The van der Waals surface area contributed by atoms with Gasteiger partial charge in [-0.05, 0) is 32.9 Å². The highest BCUT2D eigenvalue weighted by molar-refractivity contribution is 5.78. The molecule has 0 bridgehead atoms. The topological polar surface area (TPSA) is 67.0 Å². The molecule has 1 aromatic heterocycles. The standard InChI is InChI=1S/C14H19N3O2/c1-9(2)19-8-13(18)15-10(3)14-16-11-6-4-5-7-12(11)17-14/h4-7,9-10H,8H2,1-3H3,(H,15,18)(H,16,17). The Hall–Kier alpha value is -1.88. The molecule has 1 unspecified atom stereocenters. The van der Waals surface area contributed by atoms with E-state index in [-0.39, 0.29) is 24.7 Å². The summed E-state index contributed by atoms with van der Waals surface area (Å²) in [6, 6.07) is 7.61. The van der Waals surface area contributed by atoms with Crippen LogP contribution in [0.2, 0.25) is 0 Å². The summed E-state index contributed by atoms with van der Waals surface area (Å²) in [5.41, 5.74) is 1.87. The zero-order valence-corrected chi connectivity index (χ0v) is 11.4. The molecule has 0 aliphatic heterocycles. The monoisotopic (exact) mass is 261 g/mol. The van der Waals surface area contributed by atoms with Crippen molar-refractivity contribution in [1.82, 2.24) is 15.3 Å². The van der Waals surface area contributed by atoms with E-state index in [4.69, 9.17) is 4.74 Å². The second kappa shape index (κ2) is 5.84. The van der Waals surface area contributed by atoms with E-state index in [1.807, 2.05) is 45.0 Å². The first-order valence-electron chi connectivity index (χ1n) is 6.42. The van der Waals surface area contributed by atoms with Gasteiger partial charge in [-0.3, -0.25) is 4.79 Å². The van der Waals surface area contributed by atoms with Gasteiger partial charge < -0.3 is 15.0 Å². The quantitative estimate of drug-likeness (QED) is 0.866. The summed E-state index contributed by atoms with van der Waals surface area (Å²) in [5.74, 6) is 0.612. The minimum absolute atomic E-state index is 0.0484. The van der Waals surface area contributed by atoms with Crippen LogP contribution in [0.15, 0.2) is 24.3 Å². The zero-order chi connectivity index (χ0) is 13.8. The summed E-state index contributed by atoms with van der Waals surface area (Å²) in [7, 11) is 0. The Labute approximate surface area is 112 Å². The summed E-state index contributed by atoms with van der Waals surface area (Å²) in [6.07, 6.45) is 0.0484. The van der Waals surface area contributed by atoms with Crippen LogP contribution in [0.25, 0.3) is 11.0 Å². The van der Waals surface area contributed by atoms with E-state index in [0.717, 1.165) is 16.9 Å². The normalized spacial score (nSPS) is 12.8. The largest absolute Gasteiger partial charge is 0.369 e. The molecule has 102 valence electrons. The van der Waals surface area contributed by atoms with Crippen LogP contribution in [-0.2, 0) is 9.53 Å². The van der Waals surface area contributed by atoms with Crippen LogP contribution in [-0.4, -0.2) is 28.6 Å². The molecule has 1 heterocycles. The molecule has 0 saturated heterocycles. The summed E-state index contributed by atoms with van der Waals surface area (Å²) in [5, 5.41) is 2.85. The van der Waals surface area contributed by atoms with Gasteiger partial charge in [0.05, 0.1) is 23.2 Å². The Kier molecular flexibility index (Phi) is 4.16. The molecule has 0 fully saturated rings. The van der Waals surface area contributed by atoms with Gasteiger partial charge in [-0.1, -0.05) is 12.1 Å². The summed E-state index contributed by atoms with van der Waals surface area (Å²) in [4.78, 5) is 19.3. The van der Waals surface area contributed by atoms with E-state index in [2.05, 4.69) is 15.3 Å². The minimum Gasteiger partial charge on any atom is -0.369 e. The van der Waals surface area contributed by atoms with Crippen LogP contribution < -0.4 is 5.32 Å². The molecule has 5 nitrogen and oxygen atoms in total. The third kappa shape index (κ3) is 3.54. The van der Waals surface area contributed by atoms with Crippen molar-refractivity contribution in [2.75, 3.05) is 6.61 Å². The Balaban J connectivity index is 1.99. The third-order valence-corrected chi connectivity index (χ3v) is 2.74. The molecule has 0 aliphatic rings. The Morgan fingerprint density at radius 1 is 1.37 bits per heavy atom. The zero-order valence-electron chi connectivity index (χ0n) is 11.4. The number of fused-ring (bicyclic) bond motifs is 1. The summed E-state index contributed by atoms with van der Waals surface area (Å²) < 4.78 is 5.26. The van der Waals surface area contributed by atoms with E-state index >= 15 is 0 Å². The van der Waals surface area contributed by atoms with Crippen molar-refractivity contribution in [3.8, 4) is 0 Å². The van der Waals surface area contributed by atoms with Gasteiger partial charge in [-0.15, -0.1) is 0 Å². The van der Waals surface area contributed by atoms with Crippen molar-refractivity contribution in [2.24, 2.45) is 0 Å². The fourth-order valence-electron chi connectivity index (χ4n) is 1.77. The first kappa shape index (κ1) is 13.5. The van der Waals surface area contributed by atoms with Gasteiger partial charge in [0.15, 0.2) is 0 Å². The summed E-state index contributed by atoms with van der Waals surface area (Å²) in [6.45, 7) is 5.76. The van der Waals surface area contributed by atoms with Gasteiger partial charge in [-0.2, -0.15) is 0 Å². The predicted octanol–water partition coefficient (Wildman–Crippen LogP) is 2.17. The smallest absolute Gasteiger partial charge is 0.246 e. The first-order chi connectivity index (χ1) is 9.06. The number of aromatic nitrogens is 2. The number of H-pyrrole nitrogens is 1. The van der Waals surface area contributed by atoms with Gasteiger partial charge in [0.1, 0.15) is 12.4 Å². The number of carbonyl (C=O) groups is 1. The molecule has 0 spiro atoms. The molecule has 2 N–H and O–H groups in total. The molecule has 19 heavy (non-hydrogen) atoms. The highest BCUT2D eigenvalue weighted by atomic mass is 16.5. The number of hydrogen-bond donors (Lipinski definition) is 2. The minimum atomic E-state index is -0.171. The summed E-state index contributed by atoms with van der Waals surface area (Å²) >= 11 is 0. The SMILES string of the molecule is CC(C)OCC(=O)NC(C)c1nc2ccccc2[nH]1. The van der Waals surface area contributed by atoms with Crippen molar-refractivity contribution < 1.29 is 9.53 Å². The number of nitrogens with zero attached hydrogens (tertiary/aromatic N) is 1. The van der Waals surface area contributed by atoms with Crippen molar-refractivity contribution in [3.63, 3.8) is 0 Å². The van der Waals surface area contributed by atoms with Crippen molar-refractivity contribution >= 4 is 16.9 Å². The average molecular weight is 261 g/mol. The third-order valence-electron chi connectivity index (χ3n) is 2.74. The maximum Gasteiger partial charge on any atom is 0.246 e. The number of hydrogen-bond acceptors (Lipinski definition) is 3. The van der Waals surface area contributed by atoms with Crippen LogP contribution in [0, 0.1) is 0 Å². The molecule has 0 saturated carbocycles. The number of carbonyl (C=O) groups excluding carboxylic acids is 1. The first-order valence-corrected chi connectivity index (χ1v) is 6.42. The highest BCUT2D eigenvalue weighted by Crippen LogP contribution is 2.15. The number of aromatic amines is 1. The number of benzene rings is 1. The van der Waals surface area contributed by atoms with E-state index < -0.39 is 0 Å². The van der Waals surface area contributed by atoms with Crippen LogP contribution in [0.3, 0.4) is 0 Å². The van der Waals surface area contributed by atoms with E-state index in [9.17, 15) is 4.79 Å². The van der Waals surface area contributed by atoms with E-state index in [1.54, 1.807) is 0 Å². The Morgan fingerprint density at radius 3 is 2.79 bits per heavy atom. The lowest BCUT2D eigenvalue weighted by Crippen LogP contribution is -2.31. The van der Waals surface area contributed by atoms with Crippen molar-refractivity contribution in [3.05, 3.63) is 30.1 Å². The number of imidazole rings is 1. The number of para-hydroxylation sites is 2. The number of rotatable bonds is 5. The molecule has 5 heteroatoms. The molecule has 2 aromatic rings. The molecular weight excluding hydrogens is 242 g/mol. The Morgan fingerprint density at radius 2 is 2.11 bits per heavy atom. The predicted molar refractivity (Wildman–Crippen MR) is 73.7 cm³/mol. The van der Waals surface area contributed by atoms with Gasteiger partial charge >= 0.3 is 0 Å². The number of nitrogens with one attached hydrogen (secondary N) is 2. The molecule has 1 aromatic carbocycles. The molecular formula is C14H19N3O2.